The van der Waals surface area contributed by atoms with Gasteiger partial charge in [-0.1, -0.05) is 11.6 Å². The maximum Gasteiger partial charge on any atom is 0.0653 e. The average Bonchev–Trinajstić information content (AvgIpc) is 2.35. The monoisotopic (exact) mass is 169 g/mol. The summed E-state index contributed by atoms with van der Waals surface area (Å²) in [5.74, 6) is 0. The molecular formula is C10H19NO. The summed E-state index contributed by atoms with van der Waals surface area (Å²) in [6, 6.07) is 0.377. The summed E-state index contributed by atoms with van der Waals surface area (Å²) in [5.41, 5.74) is 7.08. The molecule has 0 heterocycles. The van der Waals surface area contributed by atoms with Crippen LogP contribution in [0.2, 0.25) is 0 Å². The van der Waals surface area contributed by atoms with Crippen molar-refractivity contribution in [3.05, 3.63) is 11.6 Å². The minimum Gasteiger partial charge on any atom is -0.374 e. The second-order valence-corrected chi connectivity index (χ2v) is 3.81. The molecule has 0 bridgehead atoms. The average molecular weight is 169 g/mol. The van der Waals surface area contributed by atoms with Gasteiger partial charge in [0.2, 0.25) is 0 Å². The predicted molar refractivity (Wildman–Crippen MR) is 51.0 cm³/mol. The van der Waals surface area contributed by atoms with Crippen LogP contribution in [0, 0.1) is 0 Å². The van der Waals surface area contributed by atoms with Crippen LogP contribution in [0.4, 0.5) is 0 Å². The molecule has 70 valence electrons. The first-order chi connectivity index (χ1) is 5.68. The van der Waals surface area contributed by atoms with Gasteiger partial charge in [-0.3, -0.25) is 0 Å². The van der Waals surface area contributed by atoms with E-state index in [0.717, 1.165) is 25.9 Å². The van der Waals surface area contributed by atoms with Crippen molar-refractivity contribution >= 4 is 0 Å². The zero-order valence-electron chi connectivity index (χ0n) is 8.05. The van der Waals surface area contributed by atoms with Gasteiger partial charge in [-0.15, -0.1) is 0 Å². The lowest BCUT2D eigenvalue weighted by Gasteiger charge is -2.09. The van der Waals surface area contributed by atoms with Crippen LogP contribution in [0.25, 0.3) is 0 Å². The molecule has 2 N–H and O–H groups in total. The molecule has 0 aliphatic heterocycles. The Morgan fingerprint density at radius 3 is 2.75 bits per heavy atom. The largest absolute Gasteiger partial charge is 0.374 e. The van der Waals surface area contributed by atoms with Crippen LogP contribution < -0.4 is 5.73 Å². The molecule has 12 heavy (non-hydrogen) atoms. The van der Waals surface area contributed by atoms with Crippen LogP contribution in [0.3, 0.4) is 0 Å². The fourth-order valence-electron chi connectivity index (χ4n) is 1.48. The standard InChI is InChI=1S/C10H19NO/c1-8(2)5-6-12-10-4-3-9(11)7-10/h5,9-10H,3-4,6-7,11H2,1-2H3. The summed E-state index contributed by atoms with van der Waals surface area (Å²) >= 11 is 0. The molecule has 0 aromatic carbocycles. The van der Waals surface area contributed by atoms with Crippen LogP contribution in [0.1, 0.15) is 33.1 Å². The van der Waals surface area contributed by atoms with E-state index in [-0.39, 0.29) is 0 Å². The lowest BCUT2D eigenvalue weighted by molar-refractivity contribution is 0.0787. The van der Waals surface area contributed by atoms with Crippen molar-refractivity contribution < 1.29 is 4.74 Å². The summed E-state index contributed by atoms with van der Waals surface area (Å²) in [4.78, 5) is 0. The summed E-state index contributed by atoms with van der Waals surface area (Å²) < 4.78 is 5.63. The highest BCUT2D eigenvalue weighted by atomic mass is 16.5. The van der Waals surface area contributed by atoms with Crippen molar-refractivity contribution in [3.63, 3.8) is 0 Å². The predicted octanol–water partition coefficient (Wildman–Crippen LogP) is 1.85. The fourth-order valence-corrected chi connectivity index (χ4v) is 1.48. The Bertz CT molecular complexity index is 161. The normalized spacial score (nSPS) is 28.9. The highest BCUT2D eigenvalue weighted by Gasteiger charge is 2.21. The molecular weight excluding hydrogens is 150 g/mol. The second-order valence-electron chi connectivity index (χ2n) is 3.81. The zero-order chi connectivity index (χ0) is 8.97. The van der Waals surface area contributed by atoms with E-state index in [1.54, 1.807) is 0 Å². The third-order valence-corrected chi connectivity index (χ3v) is 2.25. The summed E-state index contributed by atoms with van der Waals surface area (Å²) in [5, 5.41) is 0. The van der Waals surface area contributed by atoms with Crippen molar-refractivity contribution in [2.45, 2.75) is 45.3 Å². The van der Waals surface area contributed by atoms with Gasteiger partial charge in [0.1, 0.15) is 0 Å². The number of ether oxygens (including phenoxy) is 1. The van der Waals surface area contributed by atoms with E-state index in [2.05, 4.69) is 19.9 Å². The van der Waals surface area contributed by atoms with E-state index in [0.29, 0.717) is 12.1 Å². The van der Waals surface area contributed by atoms with E-state index in [1.165, 1.54) is 5.57 Å². The van der Waals surface area contributed by atoms with Crippen LogP contribution in [-0.4, -0.2) is 18.8 Å². The summed E-state index contributed by atoms with van der Waals surface area (Å²) in [6.45, 7) is 4.92. The number of rotatable bonds is 3. The molecule has 0 saturated heterocycles. The molecule has 1 rings (SSSR count). The van der Waals surface area contributed by atoms with Gasteiger partial charge in [0.05, 0.1) is 12.7 Å². The Kier molecular flexibility index (Phi) is 3.76. The van der Waals surface area contributed by atoms with E-state index in [1.807, 2.05) is 0 Å². The van der Waals surface area contributed by atoms with Crippen molar-refractivity contribution in [3.8, 4) is 0 Å². The van der Waals surface area contributed by atoms with Gasteiger partial charge < -0.3 is 10.5 Å². The molecule has 2 nitrogen and oxygen atoms in total. The third kappa shape index (κ3) is 3.37. The minimum atomic E-state index is 0.377. The minimum absolute atomic E-state index is 0.377. The molecule has 1 aliphatic rings. The molecule has 0 radical (unpaired) electrons. The highest BCUT2D eigenvalue weighted by Crippen LogP contribution is 2.20. The first-order valence-corrected chi connectivity index (χ1v) is 4.69. The second kappa shape index (κ2) is 4.63. The molecule has 1 saturated carbocycles. The van der Waals surface area contributed by atoms with Gasteiger partial charge in [-0.25, -0.2) is 0 Å². The Balaban J connectivity index is 2.12. The van der Waals surface area contributed by atoms with Crippen LogP contribution in [0.15, 0.2) is 11.6 Å². The van der Waals surface area contributed by atoms with Crippen LogP contribution >= 0.6 is 0 Å². The number of hydrogen-bond acceptors (Lipinski definition) is 2. The molecule has 1 fully saturated rings. The molecule has 2 heteroatoms. The smallest absolute Gasteiger partial charge is 0.0653 e. The third-order valence-electron chi connectivity index (χ3n) is 2.25. The Morgan fingerprint density at radius 2 is 2.25 bits per heavy atom. The molecule has 0 amide bonds. The van der Waals surface area contributed by atoms with E-state index >= 15 is 0 Å². The van der Waals surface area contributed by atoms with Gasteiger partial charge in [-0.05, 0) is 33.1 Å². The molecule has 0 aromatic heterocycles. The van der Waals surface area contributed by atoms with Crippen LogP contribution in [-0.2, 0) is 4.74 Å². The number of nitrogens with two attached hydrogens (primary N) is 1. The quantitative estimate of drug-likeness (QED) is 0.654. The first-order valence-electron chi connectivity index (χ1n) is 4.69. The Hall–Kier alpha value is -0.340. The first kappa shape index (κ1) is 9.75. The van der Waals surface area contributed by atoms with Crippen molar-refractivity contribution in [1.29, 1.82) is 0 Å². The highest BCUT2D eigenvalue weighted by molar-refractivity contribution is 4.93. The molecule has 0 aromatic rings. The molecule has 2 unspecified atom stereocenters. The molecule has 1 aliphatic carbocycles. The Labute approximate surface area is 74.8 Å². The lowest BCUT2D eigenvalue weighted by atomic mass is 10.3. The summed E-state index contributed by atoms with van der Waals surface area (Å²) in [6.07, 6.45) is 5.83. The van der Waals surface area contributed by atoms with Gasteiger partial charge in [-0.2, -0.15) is 0 Å². The van der Waals surface area contributed by atoms with E-state index in [9.17, 15) is 0 Å². The van der Waals surface area contributed by atoms with Gasteiger partial charge in [0, 0.05) is 6.04 Å². The zero-order valence-corrected chi connectivity index (χ0v) is 8.05. The molecule has 2 atom stereocenters. The van der Waals surface area contributed by atoms with Gasteiger partial charge in [0.25, 0.3) is 0 Å². The number of allylic oxidation sites excluding steroid dienone is 1. The lowest BCUT2D eigenvalue weighted by Crippen LogP contribution is -2.17. The van der Waals surface area contributed by atoms with E-state index < -0.39 is 0 Å². The maximum atomic E-state index is 5.76. The maximum absolute atomic E-state index is 5.76. The van der Waals surface area contributed by atoms with Gasteiger partial charge >= 0.3 is 0 Å². The SMILES string of the molecule is CC(C)=CCOC1CCC(N)C1. The summed E-state index contributed by atoms with van der Waals surface area (Å²) in [7, 11) is 0. The molecule has 0 spiro atoms. The van der Waals surface area contributed by atoms with Crippen LogP contribution in [0.5, 0.6) is 0 Å². The van der Waals surface area contributed by atoms with E-state index in [4.69, 9.17) is 10.5 Å². The van der Waals surface area contributed by atoms with Crippen molar-refractivity contribution in [1.82, 2.24) is 0 Å². The number of hydrogen-bond donors (Lipinski definition) is 1. The fraction of sp³-hybridized carbons (Fsp3) is 0.800. The van der Waals surface area contributed by atoms with Gasteiger partial charge in [0.15, 0.2) is 0 Å². The van der Waals surface area contributed by atoms with Crippen molar-refractivity contribution in [2.24, 2.45) is 5.73 Å². The Morgan fingerprint density at radius 1 is 1.50 bits per heavy atom. The van der Waals surface area contributed by atoms with Crippen molar-refractivity contribution in [2.75, 3.05) is 6.61 Å². The topological polar surface area (TPSA) is 35.2 Å².